The summed E-state index contributed by atoms with van der Waals surface area (Å²) in [6.45, 7) is 3.54. The van der Waals surface area contributed by atoms with Crippen molar-refractivity contribution in [3.05, 3.63) is 95.0 Å². The summed E-state index contributed by atoms with van der Waals surface area (Å²) in [5.41, 5.74) is 4.61. The first-order valence-corrected chi connectivity index (χ1v) is 11.0. The number of hydrogen-bond acceptors (Lipinski definition) is 6. The number of rotatable bonds is 3. The van der Waals surface area contributed by atoms with Gasteiger partial charge in [0.2, 0.25) is 4.99 Å². The molecule has 0 fully saturated rings. The monoisotopic (exact) mass is 446 g/mol. The van der Waals surface area contributed by atoms with Crippen LogP contribution in [0, 0.1) is 0 Å². The third-order valence-corrected chi connectivity index (χ3v) is 6.92. The average molecular weight is 447 g/mol. The molecule has 5 nitrogen and oxygen atoms in total. The molecule has 2 aliphatic rings. The van der Waals surface area contributed by atoms with Crippen molar-refractivity contribution in [2.75, 3.05) is 10.0 Å². The largest absolute Gasteiger partial charge is 0.292 e. The highest BCUT2D eigenvalue weighted by Gasteiger charge is 2.55. The molecule has 5 rings (SSSR count). The molecule has 0 N–H and O–H groups in total. The predicted molar refractivity (Wildman–Crippen MR) is 129 cm³/mol. The highest BCUT2D eigenvalue weighted by Crippen LogP contribution is 2.54. The van der Waals surface area contributed by atoms with Crippen molar-refractivity contribution in [3.63, 3.8) is 0 Å². The van der Waals surface area contributed by atoms with Gasteiger partial charge in [0, 0.05) is 23.1 Å². The molecule has 0 radical (unpaired) electrons. The Kier molecular flexibility index (Phi) is 4.84. The summed E-state index contributed by atoms with van der Waals surface area (Å²) in [5.74, 6) is -0.0920. The Morgan fingerprint density at radius 1 is 0.903 bits per heavy atom. The van der Waals surface area contributed by atoms with Crippen molar-refractivity contribution in [2.45, 2.75) is 18.8 Å². The summed E-state index contributed by atoms with van der Waals surface area (Å²) in [6, 6.07) is 25.6. The number of anilines is 2. The first-order valence-electron chi connectivity index (χ1n) is 9.85. The lowest BCUT2D eigenvalue weighted by molar-refractivity contribution is -0.110. The fourth-order valence-corrected chi connectivity index (χ4v) is 5.39. The number of carbonyl (C=O) groups excluding carboxylic acids is 1. The van der Waals surface area contributed by atoms with E-state index in [0.29, 0.717) is 10.1 Å². The van der Waals surface area contributed by atoms with E-state index in [1.807, 2.05) is 83.7 Å². The molecule has 0 aliphatic carbocycles. The van der Waals surface area contributed by atoms with Crippen molar-refractivity contribution >= 4 is 51.3 Å². The second-order valence-electron chi connectivity index (χ2n) is 7.34. The zero-order valence-corrected chi connectivity index (χ0v) is 18.6. The number of ketones is 1. The molecule has 2 aliphatic heterocycles. The Morgan fingerprint density at radius 3 is 2.32 bits per heavy atom. The normalized spacial score (nSPS) is 19.8. The van der Waals surface area contributed by atoms with Gasteiger partial charge in [0.1, 0.15) is 0 Å². The molecule has 3 aromatic rings. The minimum absolute atomic E-state index is 0.0920. The molecule has 154 valence electrons. The van der Waals surface area contributed by atoms with Gasteiger partial charge in [0.15, 0.2) is 10.8 Å². The van der Waals surface area contributed by atoms with E-state index in [4.69, 9.17) is 21.8 Å². The molecule has 0 bridgehead atoms. The third kappa shape index (κ3) is 3.14. The molecule has 0 saturated heterocycles. The summed E-state index contributed by atoms with van der Waals surface area (Å²) in [4.78, 5) is 11.6. The van der Waals surface area contributed by atoms with Crippen LogP contribution in [0.2, 0.25) is 5.02 Å². The summed E-state index contributed by atoms with van der Waals surface area (Å²) < 4.78 is 0. The first-order chi connectivity index (χ1) is 15.0. The first kappa shape index (κ1) is 19.8. The molecular formula is C24H19ClN4OS. The van der Waals surface area contributed by atoms with Gasteiger partial charge in [-0.25, -0.2) is 10.0 Å². The van der Waals surface area contributed by atoms with Crippen LogP contribution >= 0.6 is 23.4 Å². The van der Waals surface area contributed by atoms with E-state index in [1.165, 1.54) is 18.7 Å². The minimum atomic E-state index is -0.914. The van der Waals surface area contributed by atoms with Gasteiger partial charge in [-0.15, -0.1) is 0 Å². The smallest absolute Gasteiger partial charge is 0.234 e. The number of thioether (sulfide) groups is 1. The van der Waals surface area contributed by atoms with Gasteiger partial charge in [0.05, 0.1) is 17.1 Å². The second kappa shape index (κ2) is 7.55. The molecule has 0 amide bonds. The Balaban J connectivity index is 1.82. The fraction of sp³-hybridized carbons (Fsp3) is 0.125. The van der Waals surface area contributed by atoms with E-state index in [1.54, 1.807) is 0 Å². The Morgan fingerprint density at radius 2 is 1.58 bits per heavy atom. The van der Waals surface area contributed by atoms with Crippen LogP contribution < -0.4 is 10.0 Å². The maximum absolute atomic E-state index is 12.5. The molecule has 31 heavy (non-hydrogen) atoms. The zero-order chi connectivity index (χ0) is 21.6. The molecule has 7 heteroatoms. The minimum Gasteiger partial charge on any atom is -0.292 e. The Hall–Kier alpha value is -3.09. The zero-order valence-electron chi connectivity index (χ0n) is 17.0. The number of hydrazone groups is 2. The molecule has 2 heterocycles. The number of halogens is 1. The van der Waals surface area contributed by atoms with E-state index < -0.39 is 4.99 Å². The number of Topliss-reactive ketones (excluding diaryl/α,β-unsaturated/α-hetero) is 1. The number of fused-ring (bicyclic) bond motifs is 2. The molecule has 1 atom stereocenters. The fourth-order valence-electron chi connectivity index (χ4n) is 3.91. The topological polar surface area (TPSA) is 48.3 Å². The molecule has 0 aromatic heterocycles. The van der Waals surface area contributed by atoms with Gasteiger partial charge in [-0.2, -0.15) is 10.2 Å². The average Bonchev–Trinajstić information content (AvgIpc) is 3.19. The molecule has 0 saturated carbocycles. The van der Waals surface area contributed by atoms with Crippen LogP contribution in [-0.2, 0) is 9.79 Å². The second-order valence-corrected chi connectivity index (χ2v) is 8.94. The van der Waals surface area contributed by atoms with Gasteiger partial charge < -0.3 is 0 Å². The van der Waals surface area contributed by atoms with E-state index in [9.17, 15) is 4.79 Å². The summed E-state index contributed by atoms with van der Waals surface area (Å²) in [7, 11) is 0. The summed E-state index contributed by atoms with van der Waals surface area (Å²) in [5, 5.41) is 14.6. The summed E-state index contributed by atoms with van der Waals surface area (Å²) in [6.07, 6.45) is 0. The van der Waals surface area contributed by atoms with Crippen molar-refractivity contribution < 1.29 is 4.79 Å². The standard InChI is InChI=1S/C24H19ClN4OS/c1-16-21-13-6-7-14-22(21)24(28(26-16)19-10-4-3-5-11-19)29(27-23(31-24)17(2)30)20-12-8-9-18(25)15-20/h3-15H,1-2H3. The van der Waals surface area contributed by atoms with Crippen molar-refractivity contribution in [1.82, 2.24) is 0 Å². The van der Waals surface area contributed by atoms with E-state index in [-0.39, 0.29) is 5.78 Å². The Bertz CT molecular complexity index is 1240. The van der Waals surface area contributed by atoms with Gasteiger partial charge in [-0.3, -0.25) is 4.79 Å². The van der Waals surface area contributed by atoms with Gasteiger partial charge >= 0.3 is 0 Å². The van der Waals surface area contributed by atoms with Crippen LogP contribution in [0.4, 0.5) is 11.4 Å². The molecule has 1 spiro atoms. The molecular weight excluding hydrogens is 428 g/mol. The van der Waals surface area contributed by atoms with Crippen LogP contribution in [0.25, 0.3) is 0 Å². The highest BCUT2D eigenvalue weighted by molar-refractivity contribution is 8.17. The molecule has 3 aromatic carbocycles. The predicted octanol–water partition coefficient (Wildman–Crippen LogP) is 5.85. The van der Waals surface area contributed by atoms with E-state index >= 15 is 0 Å². The molecule has 1 unspecified atom stereocenters. The number of nitrogens with zero attached hydrogens (tertiary/aromatic N) is 4. The van der Waals surface area contributed by atoms with Crippen molar-refractivity contribution in [1.29, 1.82) is 0 Å². The number of benzene rings is 3. The third-order valence-electron chi connectivity index (χ3n) is 5.28. The lowest BCUT2D eigenvalue weighted by atomic mass is 9.98. The van der Waals surface area contributed by atoms with Crippen LogP contribution in [0.3, 0.4) is 0 Å². The highest BCUT2D eigenvalue weighted by atomic mass is 35.5. The van der Waals surface area contributed by atoms with Crippen LogP contribution in [0.5, 0.6) is 0 Å². The van der Waals surface area contributed by atoms with Crippen LogP contribution in [-0.4, -0.2) is 16.5 Å². The summed E-state index contributed by atoms with van der Waals surface area (Å²) >= 11 is 7.74. The van der Waals surface area contributed by atoms with Gasteiger partial charge in [0.25, 0.3) is 0 Å². The maximum atomic E-state index is 12.5. The van der Waals surface area contributed by atoms with Crippen molar-refractivity contribution in [3.8, 4) is 0 Å². The maximum Gasteiger partial charge on any atom is 0.234 e. The van der Waals surface area contributed by atoms with Crippen LogP contribution in [0.15, 0.2) is 89.1 Å². The van der Waals surface area contributed by atoms with E-state index in [0.717, 1.165) is 28.2 Å². The lowest BCUT2D eigenvalue weighted by Crippen LogP contribution is -2.53. The SMILES string of the molecule is CC(=O)C1=NN(c2cccc(Cl)c2)C2(S1)c1ccccc1C(C)=NN2c1ccccc1. The van der Waals surface area contributed by atoms with Crippen molar-refractivity contribution in [2.24, 2.45) is 10.2 Å². The number of para-hydroxylation sites is 1. The van der Waals surface area contributed by atoms with Crippen LogP contribution in [0.1, 0.15) is 25.0 Å². The number of carbonyl (C=O) groups is 1. The van der Waals surface area contributed by atoms with Gasteiger partial charge in [-0.05, 0) is 49.0 Å². The van der Waals surface area contributed by atoms with Gasteiger partial charge in [-0.1, -0.05) is 60.1 Å². The van der Waals surface area contributed by atoms with E-state index in [2.05, 4.69) is 12.1 Å². The lowest BCUT2D eigenvalue weighted by Gasteiger charge is -2.46. The quantitative estimate of drug-likeness (QED) is 0.506. The Labute approximate surface area is 190 Å². The number of hydrogen-bond donors (Lipinski definition) is 0.